The van der Waals surface area contributed by atoms with E-state index in [9.17, 15) is 5.11 Å². The van der Waals surface area contributed by atoms with Crippen molar-refractivity contribution in [3.63, 3.8) is 0 Å². The first-order chi connectivity index (χ1) is 13.5. The normalized spacial score (nSPS) is 45.0. The lowest BCUT2D eigenvalue weighted by Crippen LogP contribution is -2.50. The standard InChI is InChI=1S/C24H35NO2S/c1-4-27-21-14-25-22(28-21)20-8-7-18-17-6-5-15-13-16(26)9-11-23(15,2)19(17)10-12-24(18,20)3/h5,14,16-20,26H,4,6-13H2,1-3H3/t16?,17-,18-,19-,20?,23-,24-/m0/s1. The Balaban J connectivity index is 1.42. The largest absolute Gasteiger partial charge is 0.483 e. The molecule has 0 aliphatic heterocycles. The molecule has 3 saturated carbocycles. The molecule has 4 aliphatic carbocycles. The van der Waals surface area contributed by atoms with Gasteiger partial charge in [-0.05, 0) is 86.9 Å². The molecule has 0 radical (unpaired) electrons. The van der Waals surface area contributed by atoms with Crippen molar-refractivity contribution < 1.29 is 9.84 Å². The Labute approximate surface area is 173 Å². The summed E-state index contributed by atoms with van der Waals surface area (Å²) in [6, 6.07) is 0. The molecule has 5 rings (SSSR count). The van der Waals surface area contributed by atoms with E-state index in [1.54, 1.807) is 16.9 Å². The Hall–Kier alpha value is -0.870. The molecule has 3 nitrogen and oxygen atoms in total. The molecule has 4 aliphatic rings. The fourth-order valence-corrected chi connectivity index (χ4v) is 8.81. The van der Waals surface area contributed by atoms with Crippen molar-refractivity contribution in [2.45, 2.75) is 84.2 Å². The molecule has 1 aromatic heterocycles. The number of aliphatic hydroxyl groups is 1. The number of fused-ring (bicyclic) bond motifs is 5. The second-order valence-corrected chi connectivity index (χ2v) is 11.3. The number of hydrogen-bond donors (Lipinski definition) is 1. The summed E-state index contributed by atoms with van der Waals surface area (Å²) in [5.74, 6) is 3.05. The highest BCUT2D eigenvalue weighted by Gasteiger charge is 2.59. The van der Waals surface area contributed by atoms with Crippen molar-refractivity contribution in [3.8, 4) is 5.06 Å². The summed E-state index contributed by atoms with van der Waals surface area (Å²) in [5, 5.41) is 12.5. The summed E-state index contributed by atoms with van der Waals surface area (Å²) < 4.78 is 5.71. The Morgan fingerprint density at radius 3 is 2.86 bits per heavy atom. The van der Waals surface area contributed by atoms with E-state index >= 15 is 0 Å². The van der Waals surface area contributed by atoms with Crippen molar-refractivity contribution in [2.75, 3.05) is 6.61 Å². The van der Waals surface area contributed by atoms with Gasteiger partial charge >= 0.3 is 0 Å². The zero-order valence-corrected chi connectivity index (χ0v) is 18.4. The van der Waals surface area contributed by atoms with E-state index < -0.39 is 0 Å². The van der Waals surface area contributed by atoms with Gasteiger partial charge in [-0.25, -0.2) is 4.98 Å². The lowest BCUT2D eigenvalue weighted by Gasteiger charge is -2.58. The molecule has 0 amide bonds. The Morgan fingerprint density at radius 1 is 1.18 bits per heavy atom. The summed E-state index contributed by atoms with van der Waals surface area (Å²) >= 11 is 1.78. The van der Waals surface area contributed by atoms with Crippen molar-refractivity contribution in [1.82, 2.24) is 4.98 Å². The van der Waals surface area contributed by atoms with Crippen molar-refractivity contribution >= 4 is 11.3 Å². The van der Waals surface area contributed by atoms with Crippen molar-refractivity contribution in [2.24, 2.45) is 28.6 Å². The number of ether oxygens (including phenoxy) is 1. The summed E-state index contributed by atoms with van der Waals surface area (Å²) in [5.41, 5.74) is 2.30. The maximum atomic E-state index is 10.2. The third-order valence-corrected chi connectivity index (χ3v) is 10.2. The highest BCUT2D eigenvalue weighted by molar-refractivity contribution is 7.13. The van der Waals surface area contributed by atoms with E-state index in [-0.39, 0.29) is 6.10 Å². The summed E-state index contributed by atoms with van der Waals surface area (Å²) in [6.07, 6.45) is 14.0. The van der Waals surface area contributed by atoms with Crippen LogP contribution in [0.3, 0.4) is 0 Å². The lowest BCUT2D eigenvalue weighted by molar-refractivity contribution is -0.0409. The van der Waals surface area contributed by atoms with Crippen molar-refractivity contribution in [3.05, 3.63) is 22.9 Å². The van der Waals surface area contributed by atoms with Gasteiger partial charge in [-0.2, -0.15) is 0 Å². The second kappa shape index (κ2) is 6.84. The molecule has 4 heteroatoms. The van der Waals surface area contributed by atoms with Crippen LogP contribution in [0, 0.1) is 28.6 Å². The quantitative estimate of drug-likeness (QED) is 0.637. The van der Waals surface area contributed by atoms with Gasteiger partial charge in [0.05, 0.1) is 23.9 Å². The molecular formula is C24H35NO2S. The molecule has 2 unspecified atom stereocenters. The molecule has 1 aromatic rings. The number of aromatic nitrogens is 1. The van der Waals surface area contributed by atoms with E-state index in [1.807, 2.05) is 13.1 Å². The van der Waals surface area contributed by atoms with Crippen LogP contribution < -0.4 is 4.74 Å². The van der Waals surface area contributed by atoms with Gasteiger partial charge in [-0.3, -0.25) is 0 Å². The number of rotatable bonds is 3. The minimum atomic E-state index is -0.106. The fraction of sp³-hybridized carbons (Fsp3) is 0.792. The Morgan fingerprint density at radius 2 is 2.04 bits per heavy atom. The Kier molecular flexibility index (Phi) is 4.67. The van der Waals surface area contributed by atoms with Gasteiger partial charge in [0.15, 0.2) is 5.06 Å². The van der Waals surface area contributed by atoms with Crippen molar-refractivity contribution in [1.29, 1.82) is 0 Å². The van der Waals surface area contributed by atoms with E-state index in [4.69, 9.17) is 9.72 Å². The minimum absolute atomic E-state index is 0.106. The number of aliphatic hydroxyl groups excluding tert-OH is 1. The molecule has 0 spiro atoms. The first-order valence-electron chi connectivity index (χ1n) is 11.4. The fourth-order valence-electron chi connectivity index (χ4n) is 7.69. The summed E-state index contributed by atoms with van der Waals surface area (Å²) in [4.78, 5) is 4.80. The van der Waals surface area contributed by atoms with Crippen LogP contribution in [0.4, 0.5) is 0 Å². The van der Waals surface area contributed by atoms with E-state index in [0.717, 1.165) is 42.3 Å². The van der Waals surface area contributed by atoms with Gasteiger partial charge in [-0.1, -0.05) is 36.8 Å². The monoisotopic (exact) mass is 401 g/mol. The SMILES string of the molecule is CCOc1cnc(C2CC[C@H]3[C@@H]4CC=C5CC(O)CC[C@]5(C)[C@H]4CC[C@]23C)s1. The molecule has 0 saturated heterocycles. The maximum absolute atomic E-state index is 10.2. The van der Waals surface area contributed by atoms with Crippen LogP contribution in [-0.2, 0) is 0 Å². The van der Waals surface area contributed by atoms with Gasteiger partial charge in [0, 0.05) is 5.92 Å². The average molecular weight is 402 g/mol. The lowest BCUT2D eigenvalue weighted by atomic mass is 9.47. The summed E-state index contributed by atoms with van der Waals surface area (Å²) in [6.45, 7) is 7.85. The smallest absolute Gasteiger partial charge is 0.194 e. The number of nitrogens with zero attached hydrogens (tertiary/aromatic N) is 1. The zero-order valence-electron chi connectivity index (χ0n) is 17.6. The van der Waals surface area contributed by atoms with Crippen LogP contribution in [0.25, 0.3) is 0 Å². The van der Waals surface area contributed by atoms with Crippen LogP contribution >= 0.6 is 11.3 Å². The Bertz CT molecular complexity index is 772. The molecular weight excluding hydrogens is 366 g/mol. The first kappa shape index (κ1) is 19.1. The molecule has 0 bridgehead atoms. The third kappa shape index (κ3) is 2.74. The molecule has 154 valence electrons. The topological polar surface area (TPSA) is 42.4 Å². The van der Waals surface area contributed by atoms with Gasteiger partial charge in [0.25, 0.3) is 0 Å². The average Bonchev–Trinajstić information content (AvgIpc) is 3.26. The van der Waals surface area contributed by atoms with Crippen LogP contribution in [0.5, 0.6) is 5.06 Å². The van der Waals surface area contributed by atoms with Crippen LogP contribution in [-0.4, -0.2) is 22.8 Å². The first-order valence-corrected chi connectivity index (χ1v) is 12.2. The van der Waals surface area contributed by atoms with Gasteiger partial charge < -0.3 is 9.84 Å². The molecule has 3 fully saturated rings. The zero-order chi connectivity index (χ0) is 19.5. The summed E-state index contributed by atoms with van der Waals surface area (Å²) in [7, 11) is 0. The van der Waals surface area contributed by atoms with Crippen LogP contribution in [0.2, 0.25) is 0 Å². The third-order valence-electron chi connectivity index (χ3n) is 9.16. The minimum Gasteiger partial charge on any atom is -0.483 e. The highest BCUT2D eigenvalue weighted by atomic mass is 32.1. The predicted molar refractivity (Wildman–Crippen MR) is 114 cm³/mol. The molecule has 1 N–H and O–H groups in total. The van der Waals surface area contributed by atoms with Gasteiger partial charge in [0.2, 0.25) is 0 Å². The van der Waals surface area contributed by atoms with Crippen LogP contribution in [0.15, 0.2) is 17.8 Å². The molecule has 1 heterocycles. The van der Waals surface area contributed by atoms with Gasteiger partial charge in [0.1, 0.15) is 0 Å². The maximum Gasteiger partial charge on any atom is 0.194 e. The predicted octanol–water partition coefficient (Wildman–Crippen LogP) is 5.95. The van der Waals surface area contributed by atoms with E-state index in [1.165, 1.54) is 43.5 Å². The van der Waals surface area contributed by atoms with Crippen LogP contribution in [0.1, 0.15) is 83.1 Å². The van der Waals surface area contributed by atoms with E-state index in [2.05, 4.69) is 19.9 Å². The number of thiazole rings is 1. The van der Waals surface area contributed by atoms with E-state index in [0.29, 0.717) is 16.7 Å². The molecule has 0 aromatic carbocycles. The van der Waals surface area contributed by atoms with Gasteiger partial charge in [-0.15, -0.1) is 0 Å². The number of hydrogen-bond acceptors (Lipinski definition) is 4. The second-order valence-electron chi connectivity index (χ2n) is 10.3. The highest BCUT2D eigenvalue weighted by Crippen LogP contribution is 2.68. The molecule has 7 atom stereocenters. The number of allylic oxidation sites excluding steroid dienone is 1. The molecule has 28 heavy (non-hydrogen) atoms.